The van der Waals surface area contributed by atoms with Crippen molar-refractivity contribution in [1.82, 2.24) is 4.90 Å². The summed E-state index contributed by atoms with van der Waals surface area (Å²) >= 11 is 0. The third-order valence-corrected chi connectivity index (χ3v) is 1.84. The van der Waals surface area contributed by atoms with Crippen molar-refractivity contribution in [1.29, 1.82) is 0 Å². The third kappa shape index (κ3) is 1.72. The van der Waals surface area contributed by atoms with Gasteiger partial charge in [-0.25, -0.2) is 0 Å². The summed E-state index contributed by atoms with van der Waals surface area (Å²) in [5.74, 6) is -0.186. The predicted molar refractivity (Wildman–Crippen MR) is 43.5 cm³/mol. The van der Waals surface area contributed by atoms with E-state index in [1.165, 1.54) is 0 Å². The molecule has 2 saturated heterocycles. The fourth-order valence-electron chi connectivity index (χ4n) is 1.46. The molecule has 3 nitrogen and oxygen atoms in total. The summed E-state index contributed by atoms with van der Waals surface area (Å²) in [5, 5.41) is 0. The van der Waals surface area contributed by atoms with Gasteiger partial charge < -0.3 is 9.47 Å². The topological polar surface area (TPSA) is 21.7 Å². The summed E-state index contributed by atoms with van der Waals surface area (Å²) in [6, 6.07) is 0. The van der Waals surface area contributed by atoms with Crippen LogP contribution in [0, 0.1) is 0 Å². The van der Waals surface area contributed by atoms with Gasteiger partial charge in [-0.15, -0.1) is 0 Å². The highest BCUT2D eigenvalue weighted by Gasteiger charge is 2.46. The Balaban J connectivity index is 0.000000281. The zero-order chi connectivity index (χ0) is 8.32. The summed E-state index contributed by atoms with van der Waals surface area (Å²) < 4.78 is 10.8. The Hall–Kier alpha value is -0.120. The molecule has 0 aliphatic carbocycles. The van der Waals surface area contributed by atoms with Crippen LogP contribution in [0.1, 0.15) is 13.8 Å². The number of nitrogens with zero attached hydrogens (tertiary/aromatic N) is 1. The number of hydrogen-bond donors (Lipinski definition) is 0. The first-order valence-corrected chi connectivity index (χ1v) is 4.27. The van der Waals surface area contributed by atoms with Crippen LogP contribution >= 0.6 is 0 Å². The standard InChI is InChI=1S/C6H11NO2.C2H6/c1-7-4-6(5-7)8-2-3-9-6;1-2/h2-5H2,1H3;1-2H3. The summed E-state index contributed by atoms with van der Waals surface area (Å²) in [7, 11) is 2.07. The molecule has 0 amide bonds. The minimum atomic E-state index is -0.186. The normalized spacial score (nSPS) is 27.5. The Kier molecular flexibility index (Phi) is 2.87. The average molecular weight is 159 g/mol. The van der Waals surface area contributed by atoms with E-state index in [-0.39, 0.29) is 5.79 Å². The van der Waals surface area contributed by atoms with Gasteiger partial charge in [0, 0.05) is 0 Å². The van der Waals surface area contributed by atoms with Crippen molar-refractivity contribution in [3.05, 3.63) is 0 Å². The van der Waals surface area contributed by atoms with Gasteiger partial charge in [-0.2, -0.15) is 0 Å². The molecule has 0 aromatic carbocycles. The smallest absolute Gasteiger partial charge is 0.194 e. The molecule has 66 valence electrons. The maximum Gasteiger partial charge on any atom is 0.194 e. The highest BCUT2D eigenvalue weighted by atomic mass is 16.7. The minimum Gasteiger partial charge on any atom is -0.345 e. The quantitative estimate of drug-likeness (QED) is 0.519. The fraction of sp³-hybridized carbons (Fsp3) is 1.00. The molecule has 0 atom stereocenters. The van der Waals surface area contributed by atoms with E-state index < -0.39 is 0 Å². The number of ether oxygens (including phenoxy) is 2. The van der Waals surface area contributed by atoms with E-state index in [1.54, 1.807) is 0 Å². The minimum absolute atomic E-state index is 0.186. The molecule has 0 bridgehead atoms. The van der Waals surface area contributed by atoms with Crippen LogP contribution in [0.3, 0.4) is 0 Å². The molecule has 0 N–H and O–H groups in total. The average Bonchev–Trinajstić information content (AvgIpc) is 2.40. The van der Waals surface area contributed by atoms with Gasteiger partial charge in [-0.1, -0.05) is 13.8 Å². The molecule has 2 rings (SSSR count). The molecule has 0 saturated carbocycles. The molecule has 2 aliphatic heterocycles. The summed E-state index contributed by atoms with van der Waals surface area (Å²) in [4.78, 5) is 2.19. The zero-order valence-corrected chi connectivity index (χ0v) is 7.59. The van der Waals surface area contributed by atoms with Crippen LogP contribution in [0.15, 0.2) is 0 Å². The number of rotatable bonds is 0. The van der Waals surface area contributed by atoms with Crippen molar-refractivity contribution in [2.24, 2.45) is 0 Å². The van der Waals surface area contributed by atoms with Gasteiger partial charge >= 0.3 is 0 Å². The highest BCUT2D eigenvalue weighted by molar-refractivity contribution is 4.89. The maximum atomic E-state index is 5.38. The van der Waals surface area contributed by atoms with Crippen molar-refractivity contribution >= 4 is 0 Å². The van der Waals surface area contributed by atoms with E-state index in [9.17, 15) is 0 Å². The molecule has 0 unspecified atom stereocenters. The largest absolute Gasteiger partial charge is 0.345 e. The van der Waals surface area contributed by atoms with Crippen LogP contribution in [-0.2, 0) is 9.47 Å². The van der Waals surface area contributed by atoms with Gasteiger partial charge in [0.05, 0.1) is 26.3 Å². The van der Waals surface area contributed by atoms with E-state index in [0.29, 0.717) is 0 Å². The molecule has 2 heterocycles. The molecule has 1 spiro atoms. The van der Waals surface area contributed by atoms with Crippen molar-refractivity contribution in [3.63, 3.8) is 0 Å². The molecule has 0 aromatic heterocycles. The zero-order valence-electron chi connectivity index (χ0n) is 7.59. The van der Waals surface area contributed by atoms with Crippen LogP contribution < -0.4 is 0 Å². The van der Waals surface area contributed by atoms with E-state index in [2.05, 4.69) is 11.9 Å². The van der Waals surface area contributed by atoms with Gasteiger partial charge in [-0.3, -0.25) is 4.90 Å². The van der Waals surface area contributed by atoms with Crippen LogP contribution in [0.5, 0.6) is 0 Å². The fourth-order valence-corrected chi connectivity index (χ4v) is 1.46. The lowest BCUT2D eigenvalue weighted by atomic mass is 10.1. The van der Waals surface area contributed by atoms with Gasteiger partial charge in [0.15, 0.2) is 5.79 Å². The number of likely N-dealkylation sites (tertiary alicyclic amines) is 1. The van der Waals surface area contributed by atoms with Crippen LogP contribution in [0.25, 0.3) is 0 Å². The van der Waals surface area contributed by atoms with Crippen molar-refractivity contribution < 1.29 is 9.47 Å². The molecule has 0 radical (unpaired) electrons. The first kappa shape index (κ1) is 8.97. The van der Waals surface area contributed by atoms with E-state index in [1.807, 2.05) is 13.8 Å². The summed E-state index contributed by atoms with van der Waals surface area (Å²) in [6.45, 7) is 7.42. The molecule has 2 aliphatic rings. The van der Waals surface area contributed by atoms with Crippen molar-refractivity contribution in [2.45, 2.75) is 19.6 Å². The second kappa shape index (κ2) is 3.52. The molecule has 0 aromatic rings. The lowest BCUT2D eigenvalue weighted by molar-refractivity contribution is -0.232. The number of likely N-dealkylation sites (N-methyl/N-ethyl adjacent to an activating group) is 1. The predicted octanol–water partition coefficient (Wildman–Crippen LogP) is 0.701. The number of hydrogen-bond acceptors (Lipinski definition) is 3. The molecule has 11 heavy (non-hydrogen) atoms. The van der Waals surface area contributed by atoms with Gasteiger partial charge in [-0.05, 0) is 7.05 Å². The van der Waals surface area contributed by atoms with Crippen molar-refractivity contribution in [2.75, 3.05) is 33.4 Å². The first-order chi connectivity index (χ1) is 5.31. The first-order valence-electron chi connectivity index (χ1n) is 4.27. The molecular weight excluding hydrogens is 142 g/mol. The van der Waals surface area contributed by atoms with Crippen LogP contribution in [-0.4, -0.2) is 44.0 Å². The van der Waals surface area contributed by atoms with Crippen molar-refractivity contribution in [3.8, 4) is 0 Å². The van der Waals surface area contributed by atoms with E-state index in [0.717, 1.165) is 26.3 Å². The van der Waals surface area contributed by atoms with E-state index >= 15 is 0 Å². The Bertz CT molecular complexity index is 113. The Labute approximate surface area is 68.3 Å². The summed E-state index contributed by atoms with van der Waals surface area (Å²) in [5.41, 5.74) is 0. The lowest BCUT2D eigenvalue weighted by Crippen LogP contribution is -2.60. The maximum absolute atomic E-state index is 5.38. The SMILES string of the molecule is CC.CN1CC2(C1)OCCO2. The van der Waals surface area contributed by atoms with Crippen LogP contribution in [0.4, 0.5) is 0 Å². The van der Waals surface area contributed by atoms with Gasteiger partial charge in [0.25, 0.3) is 0 Å². The Morgan fingerprint density at radius 1 is 1.09 bits per heavy atom. The molecular formula is C8H17NO2. The van der Waals surface area contributed by atoms with Crippen LogP contribution in [0.2, 0.25) is 0 Å². The monoisotopic (exact) mass is 159 g/mol. The lowest BCUT2D eigenvalue weighted by Gasteiger charge is -2.43. The van der Waals surface area contributed by atoms with Gasteiger partial charge in [0.2, 0.25) is 0 Å². The van der Waals surface area contributed by atoms with E-state index in [4.69, 9.17) is 9.47 Å². The molecule has 3 heteroatoms. The Morgan fingerprint density at radius 2 is 1.55 bits per heavy atom. The second-order valence-corrected chi connectivity index (χ2v) is 2.78. The molecule has 2 fully saturated rings. The summed E-state index contributed by atoms with van der Waals surface area (Å²) in [6.07, 6.45) is 0. The third-order valence-electron chi connectivity index (χ3n) is 1.84. The second-order valence-electron chi connectivity index (χ2n) is 2.78. The van der Waals surface area contributed by atoms with Gasteiger partial charge in [0.1, 0.15) is 0 Å². The Morgan fingerprint density at radius 3 is 1.91 bits per heavy atom. The highest BCUT2D eigenvalue weighted by Crippen LogP contribution is 2.28.